The van der Waals surface area contributed by atoms with Crippen LogP contribution in [0.1, 0.15) is 31.4 Å². The molecule has 0 saturated carbocycles. The van der Waals surface area contributed by atoms with Gasteiger partial charge in [-0.05, 0) is 61.5 Å². The van der Waals surface area contributed by atoms with Crippen LogP contribution < -0.4 is 4.74 Å². The van der Waals surface area contributed by atoms with Crippen molar-refractivity contribution >= 4 is 56.6 Å². The molecule has 1 aliphatic rings. The summed E-state index contributed by atoms with van der Waals surface area (Å²) in [6.45, 7) is 2.89. The summed E-state index contributed by atoms with van der Waals surface area (Å²) in [5, 5.41) is 10.7. The van der Waals surface area contributed by atoms with Crippen molar-refractivity contribution in [3.8, 4) is 11.5 Å². The molecule has 9 nitrogen and oxygen atoms in total. The van der Waals surface area contributed by atoms with Crippen LogP contribution in [0.4, 0.5) is 23.7 Å². The number of rotatable bonds is 8. The molecular formula is C23H18BrF3N2O7S. The Morgan fingerprint density at radius 3 is 2.51 bits per heavy atom. The molecule has 1 fully saturated rings. The van der Waals surface area contributed by atoms with Crippen LogP contribution in [0.25, 0.3) is 6.08 Å². The molecule has 1 heterocycles. The van der Waals surface area contributed by atoms with Gasteiger partial charge in [0.15, 0.2) is 0 Å². The normalized spacial score (nSPS) is 15.7. The molecule has 37 heavy (non-hydrogen) atoms. The van der Waals surface area contributed by atoms with Crippen LogP contribution in [0.5, 0.6) is 11.5 Å². The van der Waals surface area contributed by atoms with Crippen LogP contribution in [-0.4, -0.2) is 39.6 Å². The third-order valence-corrected chi connectivity index (χ3v) is 6.43. The summed E-state index contributed by atoms with van der Waals surface area (Å²) in [4.78, 5) is 48.3. The zero-order chi connectivity index (χ0) is 27.5. The highest BCUT2D eigenvalue weighted by molar-refractivity contribution is 9.10. The van der Waals surface area contributed by atoms with E-state index in [9.17, 15) is 37.7 Å². The third-order valence-electron chi connectivity index (χ3n) is 5.03. The van der Waals surface area contributed by atoms with Gasteiger partial charge in [-0.1, -0.05) is 22.9 Å². The lowest BCUT2D eigenvalue weighted by atomic mass is 10.1. The van der Waals surface area contributed by atoms with E-state index in [1.165, 1.54) is 24.3 Å². The van der Waals surface area contributed by atoms with E-state index >= 15 is 0 Å². The van der Waals surface area contributed by atoms with E-state index in [2.05, 4.69) is 15.9 Å². The molecular weight excluding hydrogens is 585 g/mol. The molecule has 0 aliphatic carbocycles. The first-order chi connectivity index (χ1) is 17.3. The predicted octanol–water partition coefficient (Wildman–Crippen LogP) is 6.55. The number of alkyl halides is 3. The van der Waals surface area contributed by atoms with E-state index in [1.807, 2.05) is 0 Å². The van der Waals surface area contributed by atoms with Crippen LogP contribution >= 0.6 is 27.7 Å². The maximum absolute atomic E-state index is 13.0. The number of hydrogen-bond donors (Lipinski definition) is 0. The Hall–Kier alpha value is -3.39. The summed E-state index contributed by atoms with van der Waals surface area (Å²) in [7, 11) is 0. The quantitative estimate of drug-likeness (QED) is 0.145. The highest BCUT2D eigenvalue weighted by Gasteiger charge is 2.37. The molecule has 0 aromatic heterocycles. The number of benzene rings is 2. The topological polar surface area (TPSA) is 116 Å². The number of nitrogens with zero attached hydrogens (tertiary/aromatic N) is 2. The summed E-state index contributed by atoms with van der Waals surface area (Å²) in [5.74, 6) is -2.01. The van der Waals surface area contributed by atoms with E-state index < -0.39 is 57.9 Å². The van der Waals surface area contributed by atoms with Crippen molar-refractivity contribution in [2.24, 2.45) is 0 Å². The number of ether oxygens (including phenoxy) is 2. The second-order valence-electron chi connectivity index (χ2n) is 7.70. The van der Waals surface area contributed by atoms with Gasteiger partial charge >= 0.3 is 17.8 Å². The van der Waals surface area contributed by atoms with Gasteiger partial charge in [-0.25, -0.2) is 0 Å². The Labute approximate surface area is 220 Å². The second-order valence-corrected chi connectivity index (χ2v) is 9.61. The summed E-state index contributed by atoms with van der Waals surface area (Å²) >= 11 is 3.82. The average molecular weight is 603 g/mol. The third kappa shape index (κ3) is 6.89. The Balaban J connectivity index is 1.92. The lowest BCUT2D eigenvalue weighted by Gasteiger charge is -2.15. The van der Waals surface area contributed by atoms with Crippen molar-refractivity contribution < 1.29 is 42.0 Å². The van der Waals surface area contributed by atoms with Crippen molar-refractivity contribution in [2.75, 3.05) is 6.54 Å². The number of carbonyl (C=O) groups is 3. The fourth-order valence-electron chi connectivity index (χ4n) is 3.02. The van der Waals surface area contributed by atoms with Crippen molar-refractivity contribution in [3.05, 3.63) is 67.0 Å². The van der Waals surface area contributed by atoms with Gasteiger partial charge in [-0.2, -0.15) is 13.2 Å². The number of halogens is 4. The summed E-state index contributed by atoms with van der Waals surface area (Å²) < 4.78 is 50.2. The zero-order valence-electron chi connectivity index (χ0n) is 19.2. The largest absolute Gasteiger partial charge is 0.461 e. The minimum atomic E-state index is -4.80. The Kier molecular flexibility index (Phi) is 8.64. The number of nitro groups is 1. The van der Waals surface area contributed by atoms with Gasteiger partial charge in [0.1, 0.15) is 12.3 Å². The van der Waals surface area contributed by atoms with E-state index in [-0.39, 0.29) is 16.2 Å². The van der Waals surface area contributed by atoms with E-state index in [0.717, 1.165) is 11.0 Å². The molecule has 1 saturated heterocycles. The van der Waals surface area contributed by atoms with Crippen molar-refractivity contribution in [1.29, 1.82) is 0 Å². The first-order valence-corrected chi connectivity index (χ1v) is 12.2. The van der Waals surface area contributed by atoms with E-state index in [0.29, 0.717) is 34.8 Å². The summed E-state index contributed by atoms with van der Waals surface area (Å²) in [6.07, 6.45) is -3.36. The second kappa shape index (κ2) is 11.3. The molecule has 1 aliphatic heterocycles. The average Bonchev–Trinajstić information content (AvgIpc) is 3.07. The van der Waals surface area contributed by atoms with E-state index in [1.54, 1.807) is 13.8 Å². The van der Waals surface area contributed by atoms with Gasteiger partial charge in [-0.15, -0.1) is 0 Å². The fourth-order valence-corrected chi connectivity index (χ4v) is 4.23. The molecule has 14 heteroatoms. The molecule has 0 unspecified atom stereocenters. The number of nitro benzene ring substituents is 1. The van der Waals surface area contributed by atoms with Gasteiger partial charge in [0.2, 0.25) is 5.75 Å². The van der Waals surface area contributed by atoms with Crippen LogP contribution in [0, 0.1) is 10.1 Å². The van der Waals surface area contributed by atoms with Gasteiger partial charge in [0.25, 0.3) is 11.1 Å². The van der Waals surface area contributed by atoms with Crippen molar-refractivity contribution in [1.82, 2.24) is 4.90 Å². The molecule has 0 bridgehead atoms. The molecule has 3 rings (SSSR count). The SMILES string of the molecule is CC[C@H](C)OC(=O)CN1C(=O)S/C(=C/c2cc(Br)ccc2Oc2ccc(C(F)(F)F)cc2[N+](=O)[O-])C1=O. The van der Waals surface area contributed by atoms with Gasteiger partial charge in [0.05, 0.1) is 21.5 Å². The minimum absolute atomic E-state index is 0.0333. The Bertz CT molecular complexity index is 1300. The van der Waals surface area contributed by atoms with Crippen LogP contribution in [0.3, 0.4) is 0 Å². The molecule has 2 aromatic rings. The number of esters is 1. The van der Waals surface area contributed by atoms with E-state index in [4.69, 9.17) is 9.47 Å². The number of hydrogen-bond acceptors (Lipinski definition) is 8. The maximum Gasteiger partial charge on any atom is 0.416 e. The van der Waals surface area contributed by atoms with Crippen LogP contribution in [0.2, 0.25) is 0 Å². The summed E-state index contributed by atoms with van der Waals surface area (Å²) in [5.41, 5.74) is -1.94. The highest BCUT2D eigenvalue weighted by atomic mass is 79.9. The molecule has 2 amide bonds. The first kappa shape index (κ1) is 28.2. The Morgan fingerprint density at radius 1 is 1.22 bits per heavy atom. The predicted molar refractivity (Wildman–Crippen MR) is 131 cm³/mol. The first-order valence-electron chi connectivity index (χ1n) is 10.6. The monoisotopic (exact) mass is 602 g/mol. The highest BCUT2D eigenvalue weighted by Crippen LogP contribution is 2.40. The maximum atomic E-state index is 13.0. The molecule has 0 N–H and O–H groups in total. The number of amides is 2. The lowest BCUT2D eigenvalue weighted by molar-refractivity contribution is -0.385. The van der Waals surface area contributed by atoms with Gasteiger partial charge < -0.3 is 9.47 Å². The number of carbonyl (C=O) groups excluding carboxylic acids is 3. The zero-order valence-corrected chi connectivity index (χ0v) is 21.6. The van der Waals surface area contributed by atoms with Crippen LogP contribution in [0.15, 0.2) is 45.8 Å². The molecule has 0 radical (unpaired) electrons. The number of thioether (sulfide) groups is 1. The minimum Gasteiger partial charge on any atom is -0.461 e. The number of imide groups is 1. The fraction of sp³-hybridized carbons (Fsp3) is 0.261. The molecule has 1 atom stereocenters. The van der Waals surface area contributed by atoms with Crippen molar-refractivity contribution in [3.63, 3.8) is 0 Å². The molecule has 196 valence electrons. The van der Waals surface area contributed by atoms with Gasteiger partial charge in [0, 0.05) is 16.1 Å². The van der Waals surface area contributed by atoms with Gasteiger partial charge in [-0.3, -0.25) is 29.4 Å². The smallest absolute Gasteiger partial charge is 0.416 e. The standard InChI is InChI=1S/C23H18BrF3N2O7S/c1-3-12(2)35-20(30)11-28-21(31)19(37-22(28)32)9-13-8-15(24)5-7-17(13)36-18-6-4-14(23(25,26)27)10-16(18)29(33)34/h4-10,12H,3,11H2,1-2H3/b19-9+/t12-/m0/s1. The van der Waals surface area contributed by atoms with Crippen molar-refractivity contribution in [2.45, 2.75) is 32.5 Å². The molecule has 2 aromatic carbocycles. The lowest BCUT2D eigenvalue weighted by Crippen LogP contribution is -2.35. The Morgan fingerprint density at radius 2 is 1.89 bits per heavy atom. The van der Waals surface area contributed by atoms with Crippen LogP contribution in [-0.2, 0) is 20.5 Å². The summed E-state index contributed by atoms with van der Waals surface area (Å²) in [6, 6.07) is 6.20. The molecule has 0 spiro atoms.